The molecule has 2 heterocycles. The molecule has 2 rings (SSSR count). The molecule has 0 radical (unpaired) electrons. The summed E-state index contributed by atoms with van der Waals surface area (Å²) in [5.41, 5.74) is 0. The number of hydrogen-bond acceptors (Lipinski definition) is 13. The van der Waals surface area contributed by atoms with Crippen LogP contribution in [0.3, 0.4) is 0 Å². The van der Waals surface area contributed by atoms with Crippen LogP contribution >= 0.6 is 0 Å². The molecule has 0 aromatic carbocycles. The maximum absolute atomic E-state index is 13.3. The number of hydrogen-bond donors (Lipinski definition) is 9. The van der Waals surface area contributed by atoms with Gasteiger partial charge < -0.3 is 65.1 Å². The number of nitrogens with one attached hydrogen (secondary N) is 1. The Kier molecular flexibility index (Phi) is 48.8. The van der Waals surface area contributed by atoms with Crippen molar-refractivity contribution in [3.05, 3.63) is 122 Å². The van der Waals surface area contributed by atoms with Gasteiger partial charge in [0.15, 0.2) is 12.6 Å². The van der Waals surface area contributed by atoms with Crippen LogP contribution in [0.5, 0.6) is 0 Å². The second kappa shape index (κ2) is 53.6. The van der Waals surface area contributed by atoms with Gasteiger partial charge in [-0.05, 0) is 89.9 Å². The van der Waals surface area contributed by atoms with Gasteiger partial charge in [0, 0.05) is 6.42 Å². The predicted octanol–water partition coefficient (Wildman–Crippen LogP) is 12.6. The van der Waals surface area contributed by atoms with Crippen LogP contribution in [0.2, 0.25) is 0 Å². The molecule has 12 unspecified atom stereocenters. The fraction of sp³-hybridized carbons (Fsp3) is 0.700. The summed E-state index contributed by atoms with van der Waals surface area (Å²) in [6.45, 7) is 2.71. The van der Waals surface area contributed by atoms with E-state index < -0.39 is 86.8 Å². The van der Waals surface area contributed by atoms with Crippen molar-refractivity contribution in [2.45, 2.75) is 293 Å². The first-order chi connectivity index (χ1) is 41.1. The third-order valence-corrected chi connectivity index (χ3v) is 15.2. The summed E-state index contributed by atoms with van der Waals surface area (Å²) in [6, 6.07) is -0.862. The molecule has 0 aromatic heterocycles. The number of amides is 1. The van der Waals surface area contributed by atoms with Gasteiger partial charge in [-0.15, -0.1) is 0 Å². The average Bonchev–Trinajstić information content (AvgIpc) is 3.17. The zero-order chi connectivity index (χ0) is 60.9. The Labute approximate surface area is 508 Å². The third kappa shape index (κ3) is 37.8. The molecule has 0 aliphatic carbocycles. The Balaban J connectivity index is 1.72. The molecule has 2 aliphatic heterocycles. The van der Waals surface area contributed by atoms with E-state index in [4.69, 9.17) is 18.9 Å². The number of carbonyl (C=O) groups excluding carboxylic acids is 1. The zero-order valence-corrected chi connectivity index (χ0v) is 51.8. The fourth-order valence-electron chi connectivity index (χ4n) is 9.97. The van der Waals surface area contributed by atoms with E-state index in [1.165, 1.54) is 83.5 Å². The number of carbonyl (C=O) groups is 1. The third-order valence-electron chi connectivity index (χ3n) is 15.2. The lowest BCUT2D eigenvalue weighted by atomic mass is 9.97. The summed E-state index contributed by atoms with van der Waals surface area (Å²) in [6.07, 6.45) is 60.6. The average molecular weight is 1180 g/mol. The quantitative estimate of drug-likeness (QED) is 0.0204. The monoisotopic (exact) mass is 1180 g/mol. The van der Waals surface area contributed by atoms with Crippen molar-refractivity contribution in [3.63, 3.8) is 0 Å². The number of aliphatic hydroxyl groups excluding tert-OH is 8. The summed E-state index contributed by atoms with van der Waals surface area (Å²) >= 11 is 0. The maximum atomic E-state index is 13.3. The maximum Gasteiger partial charge on any atom is 0.220 e. The van der Waals surface area contributed by atoms with Crippen molar-refractivity contribution in [2.75, 3.05) is 19.8 Å². The topological polar surface area (TPSA) is 228 Å². The van der Waals surface area contributed by atoms with Gasteiger partial charge in [0.25, 0.3) is 0 Å². The lowest BCUT2D eigenvalue weighted by Gasteiger charge is -2.46. The van der Waals surface area contributed by atoms with Crippen LogP contribution in [0.4, 0.5) is 0 Å². The lowest BCUT2D eigenvalue weighted by molar-refractivity contribution is -0.359. The fourth-order valence-corrected chi connectivity index (χ4v) is 9.97. The second-order valence-electron chi connectivity index (χ2n) is 22.5. The zero-order valence-electron chi connectivity index (χ0n) is 51.8. The minimum atomic E-state index is -1.79. The van der Waals surface area contributed by atoms with Crippen LogP contribution in [-0.2, 0) is 23.7 Å². The molecule has 0 bridgehead atoms. The smallest absolute Gasteiger partial charge is 0.220 e. The summed E-state index contributed by atoms with van der Waals surface area (Å²) in [7, 11) is 0. The number of aliphatic hydroxyl groups is 8. The van der Waals surface area contributed by atoms with Gasteiger partial charge in [-0.1, -0.05) is 245 Å². The Morgan fingerprint density at radius 2 is 0.821 bits per heavy atom. The molecule has 2 fully saturated rings. The van der Waals surface area contributed by atoms with Crippen LogP contribution in [0.15, 0.2) is 122 Å². The Morgan fingerprint density at radius 1 is 0.440 bits per heavy atom. The van der Waals surface area contributed by atoms with Gasteiger partial charge >= 0.3 is 0 Å². The van der Waals surface area contributed by atoms with Gasteiger partial charge in [-0.2, -0.15) is 0 Å². The number of ether oxygens (including phenoxy) is 4. The van der Waals surface area contributed by atoms with E-state index in [9.17, 15) is 45.6 Å². The summed E-state index contributed by atoms with van der Waals surface area (Å²) < 4.78 is 22.8. The molecule has 14 nitrogen and oxygen atoms in total. The SMILES string of the molecule is CC/C=C\C/C=C\C/C=C\C/C=C\C/C=C\C/C=C\C/C=C\C/C=C\C/C=C\C/C=C\CCCCC(=O)NC(COC1OC(CO)C(OC2OC(CO)C(O)C(O)C2O)C(O)C1O)C(O)CCCCCCCCCCCCCCCCCCC. The first kappa shape index (κ1) is 76.5. The van der Waals surface area contributed by atoms with Crippen molar-refractivity contribution in [1.29, 1.82) is 0 Å². The van der Waals surface area contributed by atoms with E-state index in [1.807, 2.05) is 0 Å². The largest absolute Gasteiger partial charge is 0.394 e. The molecule has 84 heavy (non-hydrogen) atoms. The van der Waals surface area contributed by atoms with Crippen LogP contribution in [0.25, 0.3) is 0 Å². The molecule has 0 aromatic rings. The van der Waals surface area contributed by atoms with Crippen LogP contribution in [-0.4, -0.2) is 140 Å². The highest BCUT2D eigenvalue weighted by molar-refractivity contribution is 5.76. The molecule has 14 heteroatoms. The normalized spacial score (nSPS) is 24.5. The number of allylic oxidation sites excluding steroid dienone is 20. The van der Waals surface area contributed by atoms with E-state index >= 15 is 0 Å². The standard InChI is InChI=1S/C70H117NO13/c1-3-5-7-9-11-13-15-17-19-21-22-23-24-25-26-27-28-29-30-31-32-33-34-35-36-38-40-42-44-46-48-50-52-54-62(75)71-58(59(74)53-51-49-47-45-43-41-39-37-20-18-16-14-12-10-8-6-4-2)57-81-69-67(80)65(78)68(61(56-73)83-69)84-70-66(79)64(77)63(76)60(55-72)82-70/h5,7,11,13,17,19,22-23,25-26,28-29,31-32,34-35,38,40,44,46,58-61,63-70,72-74,76-80H,3-4,6,8-10,12,14-16,18,20-21,24,27,30,33,36-37,39,41-43,45,47-57H2,1-2H3,(H,71,75)/b7-5-,13-11-,19-17-,23-22-,26-25-,29-28-,32-31-,35-34-,40-38-,46-44-. The molecule has 9 N–H and O–H groups in total. The van der Waals surface area contributed by atoms with E-state index in [0.29, 0.717) is 12.8 Å². The minimum Gasteiger partial charge on any atom is -0.394 e. The van der Waals surface area contributed by atoms with Gasteiger partial charge in [0.2, 0.25) is 5.91 Å². The molecule has 0 saturated carbocycles. The molecular weight excluding hydrogens is 1060 g/mol. The van der Waals surface area contributed by atoms with Crippen molar-refractivity contribution >= 4 is 5.91 Å². The number of rotatable bonds is 51. The molecular formula is C70H117NO13. The molecule has 1 amide bonds. The van der Waals surface area contributed by atoms with Gasteiger partial charge in [0.1, 0.15) is 48.8 Å². The number of unbranched alkanes of at least 4 members (excludes halogenated alkanes) is 18. The van der Waals surface area contributed by atoms with E-state index in [1.54, 1.807) is 0 Å². The van der Waals surface area contributed by atoms with Crippen molar-refractivity contribution < 1.29 is 64.6 Å². The Morgan fingerprint density at radius 3 is 1.24 bits per heavy atom. The minimum absolute atomic E-state index is 0.241. The first-order valence-electron chi connectivity index (χ1n) is 32.8. The van der Waals surface area contributed by atoms with E-state index in [-0.39, 0.29) is 18.9 Å². The second-order valence-corrected chi connectivity index (χ2v) is 22.5. The van der Waals surface area contributed by atoms with Gasteiger partial charge in [0.05, 0.1) is 32.0 Å². The van der Waals surface area contributed by atoms with E-state index in [2.05, 4.69) is 141 Å². The van der Waals surface area contributed by atoms with Crippen molar-refractivity contribution in [1.82, 2.24) is 5.32 Å². The van der Waals surface area contributed by atoms with Crippen LogP contribution < -0.4 is 5.32 Å². The highest BCUT2D eigenvalue weighted by atomic mass is 16.7. The van der Waals surface area contributed by atoms with Crippen LogP contribution in [0, 0.1) is 0 Å². The van der Waals surface area contributed by atoms with Gasteiger partial charge in [-0.3, -0.25) is 4.79 Å². The molecule has 2 aliphatic rings. The van der Waals surface area contributed by atoms with Crippen molar-refractivity contribution in [2.24, 2.45) is 0 Å². The van der Waals surface area contributed by atoms with Crippen LogP contribution in [0.1, 0.15) is 219 Å². The highest BCUT2D eigenvalue weighted by Crippen LogP contribution is 2.30. The molecule has 12 atom stereocenters. The molecule has 2 saturated heterocycles. The summed E-state index contributed by atoms with van der Waals surface area (Å²) in [5, 5.41) is 87.4. The molecule has 0 spiro atoms. The summed E-state index contributed by atoms with van der Waals surface area (Å²) in [5.74, 6) is -0.253. The summed E-state index contributed by atoms with van der Waals surface area (Å²) in [4.78, 5) is 13.3. The lowest BCUT2D eigenvalue weighted by Crippen LogP contribution is -2.65. The predicted molar refractivity (Wildman–Crippen MR) is 341 cm³/mol. The highest BCUT2D eigenvalue weighted by Gasteiger charge is 2.51. The Bertz CT molecular complexity index is 1870. The van der Waals surface area contributed by atoms with Gasteiger partial charge in [-0.25, -0.2) is 0 Å². The first-order valence-corrected chi connectivity index (χ1v) is 32.8. The molecule has 480 valence electrons. The van der Waals surface area contributed by atoms with Crippen molar-refractivity contribution in [3.8, 4) is 0 Å². The van der Waals surface area contributed by atoms with E-state index in [0.717, 1.165) is 103 Å². The Hall–Kier alpha value is -3.61.